The van der Waals surface area contributed by atoms with Crippen LogP contribution in [0.1, 0.15) is 40.2 Å². The van der Waals surface area contributed by atoms with E-state index in [0.717, 1.165) is 21.1 Å². The number of aryl methyl sites for hydroxylation is 2. The number of methoxy groups -OCH3 is 1. The Morgan fingerprint density at radius 2 is 1.91 bits per heavy atom. The van der Waals surface area contributed by atoms with Crippen LogP contribution in [0.5, 0.6) is 0 Å². The molecule has 0 radical (unpaired) electrons. The quantitative estimate of drug-likeness (QED) is 0.634. The molecule has 0 bridgehead atoms. The van der Waals surface area contributed by atoms with E-state index in [1.165, 1.54) is 29.8 Å². The molecule has 0 fully saturated rings. The van der Waals surface area contributed by atoms with Crippen LogP contribution in [0.2, 0.25) is 0 Å². The van der Waals surface area contributed by atoms with E-state index in [4.69, 9.17) is 9.47 Å². The van der Waals surface area contributed by atoms with E-state index in [9.17, 15) is 14.4 Å². The third-order valence-electron chi connectivity index (χ3n) is 3.42. The lowest BCUT2D eigenvalue weighted by atomic mass is 10.1. The number of carbonyl (C=O) groups is 3. The fourth-order valence-electron chi connectivity index (χ4n) is 2.43. The molecule has 1 aliphatic rings. The first kappa shape index (κ1) is 14.9. The van der Waals surface area contributed by atoms with E-state index in [0.29, 0.717) is 28.9 Å². The van der Waals surface area contributed by atoms with Crippen molar-refractivity contribution in [2.24, 2.45) is 0 Å². The highest BCUT2D eigenvalue weighted by Crippen LogP contribution is 2.35. The predicted octanol–water partition coefficient (Wildman–Crippen LogP) is 2.60. The topological polar surface area (TPSA) is 69.7 Å². The van der Waals surface area contributed by atoms with Crippen molar-refractivity contribution in [2.45, 2.75) is 19.4 Å². The molecule has 114 valence electrons. The Labute approximate surface area is 134 Å². The molecular weight excluding hydrogens is 324 g/mol. The third kappa shape index (κ3) is 2.57. The Morgan fingerprint density at radius 3 is 2.59 bits per heavy atom. The van der Waals surface area contributed by atoms with E-state index in [2.05, 4.69) is 0 Å². The fraction of sp³-hybridized carbons (Fsp3) is 0.267. The van der Waals surface area contributed by atoms with Gasteiger partial charge in [0.05, 0.1) is 7.11 Å². The van der Waals surface area contributed by atoms with Gasteiger partial charge in [-0.25, -0.2) is 4.79 Å². The number of esters is 1. The largest absolute Gasteiger partial charge is 0.465 e. The fourth-order valence-corrected chi connectivity index (χ4v) is 4.59. The molecule has 0 unspecified atom stereocenters. The van der Waals surface area contributed by atoms with Gasteiger partial charge in [0.1, 0.15) is 11.5 Å². The van der Waals surface area contributed by atoms with Gasteiger partial charge in [-0.2, -0.15) is 0 Å². The molecular formula is C15H12O5S2. The third-order valence-corrected chi connectivity index (χ3v) is 5.76. The van der Waals surface area contributed by atoms with E-state index in [-0.39, 0.29) is 12.4 Å². The Balaban J connectivity index is 1.96. The highest BCUT2D eigenvalue weighted by Gasteiger charge is 2.27. The van der Waals surface area contributed by atoms with Crippen molar-refractivity contribution in [1.29, 1.82) is 0 Å². The van der Waals surface area contributed by atoms with Crippen molar-refractivity contribution in [3.8, 4) is 0 Å². The highest BCUT2D eigenvalue weighted by atomic mass is 32.1. The number of ketones is 1. The standard InChI is InChI=1S/C15H12O5S2/c1-19-15(18)13-5-10-12(22-13)3-2-11-9(14(10)17)4-8(21-11)6-20-7-16/h4-5,7H,2-3,6H2,1H3. The molecule has 2 heterocycles. The molecule has 2 aromatic heterocycles. The van der Waals surface area contributed by atoms with Crippen LogP contribution in [0, 0.1) is 0 Å². The number of carbonyl (C=O) groups excluding carboxylic acids is 3. The van der Waals surface area contributed by atoms with Gasteiger partial charge in [-0.3, -0.25) is 9.59 Å². The Bertz CT molecular complexity index is 756. The molecule has 0 saturated heterocycles. The van der Waals surface area contributed by atoms with Gasteiger partial charge in [-0.1, -0.05) is 0 Å². The average molecular weight is 336 g/mol. The molecule has 0 saturated carbocycles. The summed E-state index contributed by atoms with van der Waals surface area (Å²) in [5.74, 6) is -0.501. The van der Waals surface area contributed by atoms with E-state index >= 15 is 0 Å². The van der Waals surface area contributed by atoms with Crippen LogP contribution in [0.3, 0.4) is 0 Å². The minimum Gasteiger partial charge on any atom is -0.465 e. The molecule has 0 atom stereocenters. The Morgan fingerprint density at radius 1 is 1.23 bits per heavy atom. The van der Waals surface area contributed by atoms with Crippen molar-refractivity contribution in [3.05, 3.63) is 42.8 Å². The molecule has 5 nitrogen and oxygen atoms in total. The summed E-state index contributed by atoms with van der Waals surface area (Å²) in [6, 6.07) is 3.39. The van der Waals surface area contributed by atoms with E-state index in [1.807, 2.05) is 0 Å². The average Bonchev–Trinajstić information content (AvgIpc) is 3.11. The van der Waals surface area contributed by atoms with Gasteiger partial charge in [0.2, 0.25) is 0 Å². The smallest absolute Gasteiger partial charge is 0.348 e. The van der Waals surface area contributed by atoms with Crippen LogP contribution < -0.4 is 0 Å². The molecule has 3 rings (SSSR count). The SMILES string of the molecule is COC(=O)c1cc2c(s1)CCc1sc(COC=O)cc1C2=O. The van der Waals surface area contributed by atoms with Gasteiger partial charge in [-0.05, 0) is 25.0 Å². The molecule has 7 heteroatoms. The minimum absolute atomic E-state index is 0.0810. The van der Waals surface area contributed by atoms with Gasteiger partial charge in [0, 0.05) is 25.8 Å². The lowest BCUT2D eigenvalue weighted by Crippen LogP contribution is -2.01. The summed E-state index contributed by atoms with van der Waals surface area (Å²) >= 11 is 2.81. The maximum Gasteiger partial charge on any atom is 0.348 e. The van der Waals surface area contributed by atoms with E-state index < -0.39 is 5.97 Å². The molecule has 2 aromatic rings. The highest BCUT2D eigenvalue weighted by molar-refractivity contribution is 7.14. The van der Waals surface area contributed by atoms with Crippen molar-refractivity contribution >= 4 is 40.9 Å². The maximum absolute atomic E-state index is 12.7. The monoisotopic (exact) mass is 336 g/mol. The normalized spacial score (nSPS) is 13.0. The van der Waals surface area contributed by atoms with Crippen LogP contribution in [-0.4, -0.2) is 25.3 Å². The van der Waals surface area contributed by atoms with Crippen molar-refractivity contribution in [2.75, 3.05) is 7.11 Å². The molecule has 0 spiro atoms. The first-order valence-electron chi connectivity index (χ1n) is 6.56. The predicted molar refractivity (Wildman–Crippen MR) is 81.7 cm³/mol. The number of ether oxygens (including phenoxy) is 2. The lowest BCUT2D eigenvalue weighted by Gasteiger charge is -1.96. The van der Waals surface area contributed by atoms with Crippen LogP contribution >= 0.6 is 22.7 Å². The van der Waals surface area contributed by atoms with Crippen molar-refractivity contribution < 1.29 is 23.9 Å². The first-order chi connectivity index (χ1) is 10.6. The molecule has 1 aliphatic carbocycles. The number of hydrogen-bond donors (Lipinski definition) is 0. The zero-order valence-electron chi connectivity index (χ0n) is 11.7. The van der Waals surface area contributed by atoms with Gasteiger partial charge in [0.15, 0.2) is 5.78 Å². The van der Waals surface area contributed by atoms with Crippen molar-refractivity contribution in [3.63, 3.8) is 0 Å². The zero-order chi connectivity index (χ0) is 15.7. The van der Waals surface area contributed by atoms with Gasteiger partial charge in [-0.15, -0.1) is 22.7 Å². The number of hydrogen-bond acceptors (Lipinski definition) is 7. The van der Waals surface area contributed by atoms with Crippen LogP contribution in [0.15, 0.2) is 12.1 Å². The minimum atomic E-state index is -0.420. The van der Waals surface area contributed by atoms with Gasteiger partial charge < -0.3 is 9.47 Å². The molecule has 0 N–H and O–H groups in total. The Hall–Kier alpha value is -1.99. The summed E-state index contributed by atoms with van der Waals surface area (Å²) in [7, 11) is 1.32. The molecule has 0 aliphatic heterocycles. The molecule has 22 heavy (non-hydrogen) atoms. The van der Waals surface area contributed by atoms with E-state index in [1.54, 1.807) is 12.1 Å². The second kappa shape index (κ2) is 6.02. The van der Waals surface area contributed by atoms with Gasteiger partial charge >= 0.3 is 5.97 Å². The number of fused-ring (bicyclic) bond motifs is 2. The lowest BCUT2D eigenvalue weighted by molar-refractivity contribution is -0.129. The summed E-state index contributed by atoms with van der Waals surface area (Å²) in [5, 5.41) is 0. The summed E-state index contributed by atoms with van der Waals surface area (Å²) in [6.45, 7) is 0.574. The summed E-state index contributed by atoms with van der Waals surface area (Å²) in [6.07, 6.45) is 1.45. The molecule has 0 aromatic carbocycles. The van der Waals surface area contributed by atoms with Crippen LogP contribution in [-0.2, 0) is 33.7 Å². The maximum atomic E-state index is 12.7. The first-order valence-corrected chi connectivity index (χ1v) is 8.20. The summed E-state index contributed by atoms with van der Waals surface area (Å²) in [5.41, 5.74) is 1.22. The second-order valence-electron chi connectivity index (χ2n) is 4.73. The number of rotatable bonds is 4. The number of thiophene rings is 2. The van der Waals surface area contributed by atoms with Crippen molar-refractivity contribution in [1.82, 2.24) is 0 Å². The second-order valence-corrected chi connectivity index (χ2v) is 7.08. The van der Waals surface area contributed by atoms with Gasteiger partial charge in [0.25, 0.3) is 6.47 Å². The zero-order valence-corrected chi connectivity index (χ0v) is 13.3. The Kier molecular flexibility index (Phi) is 4.08. The summed E-state index contributed by atoms with van der Waals surface area (Å²) < 4.78 is 9.45. The molecule has 0 amide bonds. The summed E-state index contributed by atoms with van der Waals surface area (Å²) in [4.78, 5) is 37.8. The van der Waals surface area contributed by atoms with Crippen LogP contribution in [0.25, 0.3) is 0 Å². The van der Waals surface area contributed by atoms with Crippen LogP contribution in [0.4, 0.5) is 0 Å².